The average Bonchev–Trinajstić information content (AvgIpc) is 3.05. The van der Waals surface area contributed by atoms with Gasteiger partial charge in [-0.25, -0.2) is 0 Å². The summed E-state index contributed by atoms with van der Waals surface area (Å²) in [5.41, 5.74) is 0.649. The molecule has 0 atom stereocenters. The molecule has 4 heteroatoms. The van der Waals surface area contributed by atoms with Crippen molar-refractivity contribution >= 4 is 5.91 Å². The van der Waals surface area contributed by atoms with Gasteiger partial charge in [-0.05, 0) is 37.0 Å². The smallest absolute Gasteiger partial charge is 0.251 e. The molecule has 1 aromatic carbocycles. The predicted molar refractivity (Wildman–Crippen MR) is 87.3 cm³/mol. The second kappa shape index (κ2) is 9.46. The summed E-state index contributed by atoms with van der Waals surface area (Å²) in [6.45, 7) is 1.78. The summed E-state index contributed by atoms with van der Waals surface area (Å²) < 4.78 is 10.5. The lowest BCUT2D eigenvalue weighted by atomic mass is 10.0. The van der Waals surface area contributed by atoms with Gasteiger partial charge in [0, 0.05) is 19.2 Å². The van der Waals surface area contributed by atoms with Crippen LogP contribution in [0.25, 0.3) is 0 Å². The number of nitrogens with one attached hydrogen (secondary N) is 1. The standard InChI is InChI=1S/C18H27NO3/c1-21-12-13-22-17-10-4-9-16(14-17)18(20)19-11-5-8-15-6-2-3-7-15/h4,9-10,14-15H,2-3,5-8,11-13H2,1H3,(H,19,20). The molecule has 0 radical (unpaired) electrons. The first kappa shape index (κ1) is 16.8. The van der Waals surface area contributed by atoms with Crippen molar-refractivity contribution in [3.05, 3.63) is 29.8 Å². The lowest BCUT2D eigenvalue weighted by Crippen LogP contribution is -2.24. The first-order chi connectivity index (χ1) is 10.8. The van der Waals surface area contributed by atoms with Gasteiger partial charge in [0.25, 0.3) is 5.91 Å². The van der Waals surface area contributed by atoms with Crippen LogP contribution in [-0.4, -0.2) is 32.8 Å². The Balaban J connectivity index is 1.70. The molecule has 0 aromatic heterocycles. The number of amides is 1. The van der Waals surface area contributed by atoms with E-state index in [4.69, 9.17) is 9.47 Å². The van der Waals surface area contributed by atoms with Crippen LogP contribution in [0.15, 0.2) is 24.3 Å². The number of carbonyl (C=O) groups is 1. The fourth-order valence-corrected chi connectivity index (χ4v) is 2.96. The summed E-state index contributed by atoms with van der Waals surface area (Å²) >= 11 is 0. The molecule has 2 rings (SSSR count). The number of ether oxygens (including phenoxy) is 2. The molecular weight excluding hydrogens is 278 g/mol. The molecule has 0 unspecified atom stereocenters. The Kier molecular flexibility index (Phi) is 7.23. The van der Waals surface area contributed by atoms with Gasteiger partial charge in [0.05, 0.1) is 6.61 Å². The Hall–Kier alpha value is -1.55. The normalized spacial score (nSPS) is 15.0. The number of methoxy groups -OCH3 is 1. The Bertz CT molecular complexity index is 455. The Morgan fingerprint density at radius 2 is 2.09 bits per heavy atom. The monoisotopic (exact) mass is 305 g/mol. The molecule has 122 valence electrons. The van der Waals surface area contributed by atoms with Crippen LogP contribution in [-0.2, 0) is 4.74 Å². The number of benzene rings is 1. The number of rotatable bonds is 9. The molecule has 4 nitrogen and oxygen atoms in total. The fraction of sp³-hybridized carbons (Fsp3) is 0.611. The van der Waals surface area contributed by atoms with E-state index in [-0.39, 0.29) is 5.91 Å². The van der Waals surface area contributed by atoms with Crippen LogP contribution in [0.3, 0.4) is 0 Å². The lowest BCUT2D eigenvalue weighted by Gasteiger charge is -2.10. The van der Waals surface area contributed by atoms with Crippen LogP contribution in [0.4, 0.5) is 0 Å². The van der Waals surface area contributed by atoms with Crippen molar-refractivity contribution < 1.29 is 14.3 Å². The molecule has 0 saturated heterocycles. The molecular formula is C18H27NO3. The van der Waals surface area contributed by atoms with Crippen LogP contribution in [0.2, 0.25) is 0 Å². The highest BCUT2D eigenvalue weighted by Gasteiger charge is 2.14. The number of hydrogen-bond donors (Lipinski definition) is 1. The highest BCUT2D eigenvalue weighted by atomic mass is 16.5. The summed E-state index contributed by atoms with van der Waals surface area (Å²) in [5, 5.41) is 3.00. The van der Waals surface area contributed by atoms with Crippen LogP contribution < -0.4 is 10.1 Å². The van der Waals surface area contributed by atoms with E-state index >= 15 is 0 Å². The summed E-state index contributed by atoms with van der Waals surface area (Å²) in [5.74, 6) is 1.56. The molecule has 1 aliphatic carbocycles. The van der Waals surface area contributed by atoms with Crippen LogP contribution in [0, 0.1) is 5.92 Å². The fourth-order valence-electron chi connectivity index (χ4n) is 2.96. The van der Waals surface area contributed by atoms with Gasteiger partial charge in [-0.2, -0.15) is 0 Å². The number of carbonyl (C=O) groups excluding carboxylic acids is 1. The average molecular weight is 305 g/mol. The van der Waals surface area contributed by atoms with Crippen molar-refractivity contribution in [1.82, 2.24) is 5.32 Å². The molecule has 0 spiro atoms. The summed E-state index contributed by atoms with van der Waals surface area (Å²) in [7, 11) is 1.64. The summed E-state index contributed by atoms with van der Waals surface area (Å²) in [6.07, 6.45) is 7.81. The van der Waals surface area contributed by atoms with Crippen LogP contribution >= 0.6 is 0 Å². The predicted octanol–water partition coefficient (Wildman–Crippen LogP) is 3.41. The van der Waals surface area contributed by atoms with E-state index in [2.05, 4.69) is 5.32 Å². The van der Waals surface area contributed by atoms with Crippen LogP contribution in [0.5, 0.6) is 5.75 Å². The van der Waals surface area contributed by atoms with Gasteiger partial charge in [-0.15, -0.1) is 0 Å². The minimum Gasteiger partial charge on any atom is -0.491 e. The molecule has 1 fully saturated rings. The zero-order valence-electron chi connectivity index (χ0n) is 13.5. The van der Waals surface area contributed by atoms with E-state index in [1.54, 1.807) is 13.2 Å². The van der Waals surface area contributed by atoms with E-state index in [1.165, 1.54) is 32.1 Å². The highest BCUT2D eigenvalue weighted by Crippen LogP contribution is 2.28. The molecule has 1 amide bonds. The molecule has 1 aliphatic rings. The Morgan fingerprint density at radius 3 is 2.86 bits per heavy atom. The third-order valence-corrected chi connectivity index (χ3v) is 4.20. The molecule has 0 aliphatic heterocycles. The van der Waals surface area contributed by atoms with E-state index in [0.29, 0.717) is 24.5 Å². The van der Waals surface area contributed by atoms with Gasteiger partial charge in [0.15, 0.2) is 0 Å². The number of hydrogen-bond acceptors (Lipinski definition) is 3. The van der Waals surface area contributed by atoms with Crippen molar-refractivity contribution in [3.63, 3.8) is 0 Å². The van der Waals surface area contributed by atoms with E-state index in [9.17, 15) is 4.79 Å². The zero-order valence-corrected chi connectivity index (χ0v) is 13.5. The Labute approximate surface area is 133 Å². The highest BCUT2D eigenvalue weighted by molar-refractivity contribution is 5.94. The van der Waals surface area contributed by atoms with Crippen molar-refractivity contribution in [2.45, 2.75) is 38.5 Å². The second-order valence-electron chi connectivity index (χ2n) is 5.92. The minimum atomic E-state index is -0.0244. The maximum absolute atomic E-state index is 12.1. The van der Waals surface area contributed by atoms with Crippen LogP contribution in [0.1, 0.15) is 48.9 Å². The van der Waals surface area contributed by atoms with Crippen molar-refractivity contribution in [2.24, 2.45) is 5.92 Å². The largest absolute Gasteiger partial charge is 0.491 e. The maximum atomic E-state index is 12.1. The van der Waals surface area contributed by atoms with Gasteiger partial charge in [-0.1, -0.05) is 31.7 Å². The third-order valence-electron chi connectivity index (χ3n) is 4.20. The van der Waals surface area contributed by atoms with E-state index in [1.807, 2.05) is 18.2 Å². The van der Waals surface area contributed by atoms with E-state index in [0.717, 1.165) is 18.9 Å². The van der Waals surface area contributed by atoms with Gasteiger partial charge in [0.2, 0.25) is 0 Å². The maximum Gasteiger partial charge on any atom is 0.251 e. The molecule has 22 heavy (non-hydrogen) atoms. The summed E-state index contributed by atoms with van der Waals surface area (Å²) in [4.78, 5) is 12.1. The first-order valence-corrected chi connectivity index (χ1v) is 8.29. The van der Waals surface area contributed by atoms with Gasteiger partial charge in [-0.3, -0.25) is 4.79 Å². The van der Waals surface area contributed by atoms with Gasteiger partial charge in [0.1, 0.15) is 12.4 Å². The molecule has 0 heterocycles. The molecule has 1 saturated carbocycles. The van der Waals surface area contributed by atoms with Crippen molar-refractivity contribution in [1.29, 1.82) is 0 Å². The summed E-state index contributed by atoms with van der Waals surface area (Å²) in [6, 6.07) is 7.29. The molecule has 1 N–H and O–H groups in total. The van der Waals surface area contributed by atoms with Crippen molar-refractivity contribution in [3.8, 4) is 5.75 Å². The quantitative estimate of drug-likeness (QED) is 0.711. The Morgan fingerprint density at radius 1 is 1.27 bits per heavy atom. The molecule has 0 bridgehead atoms. The third kappa shape index (κ3) is 5.68. The topological polar surface area (TPSA) is 47.6 Å². The second-order valence-corrected chi connectivity index (χ2v) is 5.92. The SMILES string of the molecule is COCCOc1cccc(C(=O)NCCCC2CCCC2)c1. The first-order valence-electron chi connectivity index (χ1n) is 8.29. The van der Waals surface area contributed by atoms with E-state index < -0.39 is 0 Å². The van der Waals surface area contributed by atoms with Gasteiger partial charge >= 0.3 is 0 Å². The van der Waals surface area contributed by atoms with Crippen molar-refractivity contribution in [2.75, 3.05) is 26.9 Å². The van der Waals surface area contributed by atoms with Gasteiger partial charge < -0.3 is 14.8 Å². The molecule has 1 aromatic rings. The zero-order chi connectivity index (χ0) is 15.6. The minimum absolute atomic E-state index is 0.0244. The lowest BCUT2D eigenvalue weighted by molar-refractivity contribution is 0.0951.